The third-order valence-corrected chi connectivity index (χ3v) is 6.48. The van der Waals surface area contributed by atoms with E-state index < -0.39 is 0 Å². The van der Waals surface area contributed by atoms with E-state index >= 15 is 0 Å². The van der Waals surface area contributed by atoms with Crippen LogP contribution >= 0.6 is 0 Å². The van der Waals surface area contributed by atoms with Gasteiger partial charge in [-0.3, -0.25) is 9.59 Å². The minimum atomic E-state index is -0.187. The summed E-state index contributed by atoms with van der Waals surface area (Å²) in [6.07, 6.45) is 9.31. The van der Waals surface area contributed by atoms with Gasteiger partial charge in [-0.25, -0.2) is 0 Å². The summed E-state index contributed by atoms with van der Waals surface area (Å²) in [4.78, 5) is 27.7. The molecule has 4 aliphatic rings. The van der Waals surface area contributed by atoms with Crippen LogP contribution in [0.25, 0.3) is 0 Å². The van der Waals surface area contributed by atoms with E-state index in [1.807, 2.05) is 13.0 Å². The number of hydrogen-bond donors (Lipinski definition) is 0. The molecule has 5 rings (SSSR count). The Kier molecular flexibility index (Phi) is 3.52. The first kappa shape index (κ1) is 15.8. The molecule has 2 saturated heterocycles. The number of rotatable bonds is 3. The van der Waals surface area contributed by atoms with E-state index in [0.29, 0.717) is 0 Å². The number of allylic oxidation sites excluding steroid dienone is 2. The quantitative estimate of drug-likeness (QED) is 0.479. The lowest BCUT2D eigenvalue weighted by Gasteiger charge is -2.18. The summed E-state index contributed by atoms with van der Waals surface area (Å²) in [7, 11) is 0. The number of amides is 2. The maximum atomic E-state index is 12.7. The summed E-state index contributed by atoms with van der Waals surface area (Å²) in [5, 5.41) is 5.41. The van der Waals surface area contributed by atoms with Crippen LogP contribution < -0.4 is 4.90 Å². The van der Waals surface area contributed by atoms with Gasteiger partial charge in [-0.15, -0.1) is 0 Å². The third-order valence-electron chi connectivity index (χ3n) is 6.48. The van der Waals surface area contributed by atoms with Crippen molar-refractivity contribution in [1.82, 2.24) is 5.01 Å². The van der Waals surface area contributed by atoms with E-state index in [9.17, 15) is 9.59 Å². The molecule has 0 radical (unpaired) electrons. The molecule has 2 amide bonds. The summed E-state index contributed by atoms with van der Waals surface area (Å²) < 4.78 is 0. The van der Waals surface area contributed by atoms with Crippen LogP contribution in [0.2, 0.25) is 0 Å². The van der Waals surface area contributed by atoms with Gasteiger partial charge in [-0.2, -0.15) is 10.1 Å². The molecule has 5 heteroatoms. The third kappa shape index (κ3) is 2.26. The Morgan fingerprint density at radius 1 is 1.04 bits per heavy atom. The van der Waals surface area contributed by atoms with E-state index in [0.717, 1.165) is 35.6 Å². The van der Waals surface area contributed by atoms with Crippen LogP contribution in [-0.2, 0) is 9.59 Å². The number of hydrazone groups is 1. The van der Waals surface area contributed by atoms with Crippen molar-refractivity contribution in [2.75, 3.05) is 18.0 Å². The number of hydrogen-bond acceptors (Lipinski definition) is 4. The smallest absolute Gasteiger partial charge is 0.254 e. The molecule has 4 atom stereocenters. The van der Waals surface area contributed by atoms with Gasteiger partial charge in [-0.1, -0.05) is 18.2 Å². The average Bonchev–Trinajstić information content (AvgIpc) is 3.40. The largest absolute Gasteiger partial charge is 0.372 e. The molecule has 1 aromatic rings. The number of fused-ring (bicyclic) bond motifs is 5. The molecule has 3 fully saturated rings. The topological polar surface area (TPSA) is 53.0 Å². The molecule has 2 heterocycles. The second-order valence-electron chi connectivity index (χ2n) is 7.97. The molecule has 5 nitrogen and oxygen atoms in total. The van der Waals surface area contributed by atoms with Gasteiger partial charge in [0, 0.05) is 18.8 Å². The number of imide groups is 1. The first-order chi connectivity index (χ1) is 12.6. The van der Waals surface area contributed by atoms with Gasteiger partial charge in [0.25, 0.3) is 11.8 Å². The normalized spacial score (nSPS) is 32.5. The molecule has 134 valence electrons. The Balaban J connectivity index is 1.36. The van der Waals surface area contributed by atoms with E-state index in [2.05, 4.69) is 34.3 Å². The van der Waals surface area contributed by atoms with Crippen molar-refractivity contribution in [3.63, 3.8) is 0 Å². The minimum absolute atomic E-state index is 0.126. The molecule has 1 aromatic carbocycles. The van der Waals surface area contributed by atoms with Crippen LogP contribution in [0.5, 0.6) is 0 Å². The fraction of sp³-hybridized carbons (Fsp3) is 0.476. The fourth-order valence-electron chi connectivity index (χ4n) is 5.10. The number of benzene rings is 1. The van der Waals surface area contributed by atoms with Gasteiger partial charge in [0.15, 0.2) is 0 Å². The second kappa shape index (κ2) is 5.79. The van der Waals surface area contributed by atoms with Gasteiger partial charge in [0.2, 0.25) is 0 Å². The highest BCUT2D eigenvalue weighted by molar-refractivity contribution is 6.06. The molecular formula is C21H23N3O2. The maximum Gasteiger partial charge on any atom is 0.254 e. The summed E-state index contributed by atoms with van der Waals surface area (Å²) >= 11 is 0. The molecule has 0 aromatic heterocycles. The number of carbonyl (C=O) groups is 2. The van der Waals surface area contributed by atoms with E-state index in [4.69, 9.17) is 0 Å². The van der Waals surface area contributed by atoms with Crippen LogP contribution in [0.3, 0.4) is 0 Å². The first-order valence-corrected chi connectivity index (χ1v) is 9.59. The fourth-order valence-corrected chi connectivity index (χ4v) is 5.10. The summed E-state index contributed by atoms with van der Waals surface area (Å²) in [5.41, 5.74) is 3.30. The number of anilines is 1. The molecule has 2 bridgehead atoms. The number of nitrogens with zero attached hydrogens (tertiary/aromatic N) is 3. The maximum absolute atomic E-state index is 12.7. The lowest BCUT2D eigenvalue weighted by atomic mass is 9.85. The lowest BCUT2D eigenvalue weighted by Crippen LogP contribution is -2.28. The van der Waals surface area contributed by atoms with Crippen molar-refractivity contribution in [3.05, 3.63) is 41.5 Å². The highest BCUT2D eigenvalue weighted by atomic mass is 16.2. The van der Waals surface area contributed by atoms with Crippen molar-refractivity contribution >= 4 is 23.7 Å². The summed E-state index contributed by atoms with van der Waals surface area (Å²) in [5.74, 6) is -0.174. The van der Waals surface area contributed by atoms with E-state index in [1.165, 1.54) is 18.5 Å². The Morgan fingerprint density at radius 3 is 2.31 bits per heavy atom. The lowest BCUT2D eigenvalue weighted by molar-refractivity contribution is -0.140. The first-order valence-electron chi connectivity index (χ1n) is 9.59. The van der Waals surface area contributed by atoms with Crippen LogP contribution in [0.1, 0.15) is 30.4 Å². The van der Waals surface area contributed by atoms with Crippen LogP contribution in [-0.4, -0.2) is 36.1 Å². The zero-order chi connectivity index (χ0) is 17.8. The predicted molar refractivity (Wildman–Crippen MR) is 99.8 cm³/mol. The Labute approximate surface area is 153 Å². The van der Waals surface area contributed by atoms with Gasteiger partial charge < -0.3 is 4.90 Å². The van der Waals surface area contributed by atoms with Crippen LogP contribution in [0.15, 0.2) is 35.5 Å². The van der Waals surface area contributed by atoms with Crippen molar-refractivity contribution in [2.24, 2.45) is 28.8 Å². The molecule has 1 saturated carbocycles. The zero-order valence-electron chi connectivity index (χ0n) is 15.0. The molecule has 0 spiro atoms. The second-order valence-corrected chi connectivity index (χ2v) is 7.97. The molecule has 0 unspecified atom stereocenters. The Morgan fingerprint density at radius 2 is 1.69 bits per heavy atom. The summed E-state index contributed by atoms with van der Waals surface area (Å²) in [6, 6.07) is 6.30. The van der Waals surface area contributed by atoms with Crippen molar-refractivity contribution in [3.8, 4) is 0 Å². The molecule has 0 N–H and O–H groups in total. The zero-order valence-corrected chi connectivity index (χ0v) is 15.0. The van der Waals surface area contributed by atoms with Gasteiger partial charge in [0.1, 0.15) is 0 Å². The Bertz CT molecular complexity index is 808. The van der Waals surface area contributed by atoms with Crippen molar-refractivity contribution in [2.45, 2.75) is 26.2 Å². The molecule has 26 heavy (non-hydrogen) atoms. The van der Waals surface area contributed by atoms with Crippen molar-refractivity contribution in [1.29, 1.82) is 0 Å². The van der Waals surface area contributed by atoms with Gasteiger partial charge in [0.05, 0.1) is 18.1 Å². The molecule has 2 aliphatic heterocycles. The van der Waals surface area contributed by atoms with Crippen LogP contribution in [0, 0.1) is 30.6 Å². The summed E-state index contributed by atoms with van der Waals surface area (Å²) in [6.45, 7) is 4.28. The predicted octanol–water partition coefficient (Wildman–Crippen LogP) is 2.74. The SMILES string of the molecule is Cc1cc(N2CCCC2)ccc1C=NN1C(=O)[C@@H]2[C@H](C1=O)[C@H]1C=C[C@H]2C1. The van der Waals surface area contributed by atoms with E-state index in [1.54, 1.807) is 6.21 Å². The standard InChI is InChI=1S/C21H23N3O2/c1-13-10-17(23-8-2-3-9-23)7-6-16(13)12-22-24-20(25)18-14-4-5-15(11-14)19(18)21(24)26/h4-7,10,12,14-15,18-19H,2-3,8-9,11H2,1H3/t14-,15-,18-,19+/m0/s1. The highest BCUT2D eigenvalue weighted by Crippen LogP contribution is 2.52. The molecule has 2 aliphatic carbocycles. The minimum Gasteiger partial charge on any atom is -0.372 e. The average molecular weight is 349 g/mol. The van der Waals surface area contributed by atoms with Crippen LogP contribution in [0.4, 0.5) is 5.69 Å². The van der Waals surface area contributed by atoms with Gasteiger partial charge in [-0.05, 0) is 61.3 Å². The number of carbonyl (C=O) groups excluding carboxylic acids is 2. The van der Waals surface area contributed by atoms with Gasteiger partial charge >= 0.3 is 0 Å². The van der Waals surface area contributed by atoms with E-state index in [-0.39, 0.29) is 35.5 Å². The highest BCUT2D eigenvalue weighted by Gasteiger charge is 2.59. The Hall–Kier alpha value is -2.43. The molecular weight excluding hydrogens is 326 g/mol. The monoisotopic (exact) mass is 349 g/mol. The van der Waals surface area contributed by atoms with Crippen molar-refractivity contribution < 1.29 is 9.59 Å². The number of aryl methyl sites for hydroxylation is 1.